The van der Waals surface area contributed by atoms with Crippen molar-refractivity contribution < 1.29 is 0 Å². The van der Waals surface area contributed by atoms with Crippen LogP contribution < -0.4 is 17.0 Å². The highest BCUT2D eigenvalue weighted by Crippen LogP contribution is 2.27. The van der Waals surface area contributed by atoms with Gasteiger partial charge in [-0.3, -0.25) is 4.79 Å². The second kappa shape index (κ2) is 5.03. The molecule has 0 radical (unpaired) electrons. The van der Waals surface area contributed by atoms with Crippen molar-refractivity contribution in [2.24, 2.45) is 5.73 Å². The molecule has 0 unspecified atom stereocenters. The molecule has 0 aliphatic carbocycles. The number of H-pyrrole nitrogens is 1. The molecular weight excluding hydrogens is 236 g/mol. The van der Waals surface area contributed by atoms with Gasteiger partial charge in [-0.2, -0.15) is 0 Å². The zero-order valence-corrected chi connectivity index (χ0v) is 9.83. The Bertz CT molecular complexity index is 582. The summed E-state index contributed by atoms with van der Waals surface area (Å²) in [7, 11) is 0. The second-order valence-electron chi connectivity index (χ2n) is 3.39. The van der Waals surface area contributed by atoms with E-state index in [2.05, 4.69) is 9.97 Å². The van der Waals surface area contributed by atoms with Gasteiger partial charge in [0.1, 0.15) is 5.82 Å². The Morgan fingerprint density at radius 3 is 2.82 bits per heavy atom. The van der Waals surface area contributed by atoms with E-state index in [0.29, 0.717) is 11.7 Å². The zero-order chi connectivity index (χ0) is 12.3. The van der Waals surface area contributed by atoms with E-state index in [1.165, 1.54) is 17.8 Å². The number of aromatic nitrogens is 2. The zero-order valence-electron chi connectivity index (χ0n) is 9.01. The molecule has 0 saturated heterocycles. The van der Waals surface area contributed by atoms with E-state index < -0.39 is 0 Å². The fraction of sp³-hybridized carbons (Fsp3) is 0.0909. The standard InChI is InChI=1S/C11H12N4OS/c12-6-7-3-1-2-4-8(7)17-11-14-9(13)5-10(16)15-11/h1-5H,6,12H2,(H3,13,14,15,16). The van der Waals surface area contributed by atoms with E-state index in [0.717, 1.165) is 10.5 Å². The van der Waals surface area contributed by atoms with Crippen LogP contribution in [0.4, 0.5) is 5.82 Å². The van der Waals surface area contributed by atoms with Crippen molar-refractivity contribution in [3.8, 4) is 0 Å². The lowest BCUT2D eigenvalue weighted by Gasteiger charge is -2.06. The molecule has 5 N–H and O–H groups in total. The van der Waals surface area contributed by atoms with Crippen LogP contribution in [0.1, 0.15) is 5.56 Å². The number of anilines is 1. The summed E-state index contributed by atoms with van der Waals surface area (Å²) in [5.41, 5.74) is 11.9. The predicted octanol–water partition coefficient (Wildman–Crippen LogP) is 0.962. The molecule has 1 heterocycles. The van der Waals surface area contributed by atoms with Gasteiger partial charge in [0.2, 0.25) is 0 Å². The number of nitrogens with two attached hydrogens (primary N) is 2. The van der Waals surface area contributed by atoms with Crippen molar-refractivity contribution in [3.05, 3.63) is 46.2 Å². The minimum Gasteiger partial charge on any atom is -0.383 e. The topological polar surface area (TPSA) is 97.8 Å². The smallest absolute Gasteiger partial charge is 0.253 e. The first-order valence-corrected chi connectivity index (χ1v) is 5.83. The van der Waals surface area contributed by atoms with Crippen molar-refractivity contribution in [3.63, 3.8) is 0 Å². The van der Waals surface area contributed by atoms with Crippen molar-refractivity contribution in [1.29, 1.82) is 0 Å². The van der Waals surface area contributed by atoms with Crippen LogP contribution in [-0.2, 0) is 6.54 Å². The number of rotatable bonds is 3. The fourth-order valence-electron chi connectivity index (χ4n) is 1.38. The quantitative estimate of drug-likeness (QED) is 0.703. The number of hydrogen-bond acceptors (Lipinski definition) is 5. The lowest BCUT2D eigenvalue weighted by molar-refractivity contribution is 0.941. The largest absolute Gasteiger partial charge is 0.383 e. The lowest BCUT2D eigenvalue weighted by Crippen LogP contribution is -2.09. The summed E-state index contributed by atoms with van der Waals surface area (Å²) in [6.45, 7) is 0.440. The van der Waals surface area contributed by atoms with Gasteiger partial charge in [-0.1, -0.05) is 30.0 Å². The number of nitrogens with zero attached hydrogens (tertiary/aromatic N) is 1. The van der Waals surface area contributed by atoms with E-state index in [1.807, 2.05) is 24.3 Å². The summed E-state index contributed by atoms with van der Waals surface area (Å²) >= 11 is 1.34. The van der Waals surface area contributed by atoms with Crippen LogP contribution in [-0.4, -0.2) is 9.97 Å². The molecule has 0 atom stereocenters. The molecule has 88 valence electrons. The third-order valence-corrected chi connectivity index (χ3v) is 3.14. The molecular formula is C11H12N4OS. The molecule has 0 saturated carbocycles. The maximum Gasteiger partial charge on any atom is 0.253 e. The van der Waals surface area contributed by atoms with Gasteiger partial charge >= 0.3 is 0 Å². The summed E-state index contributed by atoms with van der Waals surface area (Å²) in [5, 5.41) is 0.468. The molecule has 17 heavy (non-hydrogen) atoms. The van der Waals surface area contributed by atoms with Gasteiger partial charge < -0.3 is 16.5 Å². The molecule has 0 fully saturated rings. The maximum atomic E-state index is 11.2. The number of nitrogen functional groups attached to an aromatic ring is 1. The molecule has 2 rings (SSSR count). The van der Waals surface area contributed by atoms with Crippen molar-refractivity contribution in [1.82, 2.24) is 9.97 Å². The molecule has 1 aromatic heterocycles. The van der Waals surface area contributed by atoms with E-state index >= 15 is 0 Å². The average Bonchev–Trinajstić information content (AvgIpc) is 2.28. The van der Waals surface area contributed by atoms with Gasteiger partial charge in [0.25, 0.3) is 5.56 Å². The molecule has 0 amide bonds. The van der Waals surface area contributed by atoms with Gasteiger partial charge in [0.05, 0.1) is 0 Å². The van der Waals surface area contributed by atoms with Gasteiger partial charge in [0.15, 0.2) is 5.16 Å². The molecule has 6 heteroatoms. The summed E-state index contributed by atoms with van der Waals surface area (Å²) in [5.74, 6) is 0.210. The van der Waals surface area contributed by atoms with Gasteiger partial charge in [-0.25, -0.2) is 4.98 Å². The van der Waals surface area contributed by atoms with E-state index in [-0.39, 0.29) is 11.4 Å². The molecule has 0 aliphatic rings. The van der Waals surface area contributed by atoms with Crippen LogP contribution in [0.2, 0.25) is 0 Å². The predicted molar refractivity (Wildman–Crippen MR) is 67.7 cm³/mol. The Hall–Kier alpha value is -1.79. The van der Waals surface area contributed by atoms with Gasteiger partial charge in [0, 0.05) is 17.5 Å². The molecule has 2 aromatic rings. The van der Waals surface area contributed by atoms with Crippen LogP contribution in [0, 0.1) is 0 Å². The average molecular weight is 248 g/mol. The lowest BCUT2D eigenvalue weighted by atomic mass is 10.2. The molecule has 0 bridgehead atoms. The third-order valence-electron chi connectivity index (χ3n) is 2.14. The van der Waals surface area contributed by atoms with E-state index in [9.17, 15) is 4.79 Å². The summed E-state index contributed by atoms with van der Waals surface area (Å²) in [6, 6.07) is 8.94. The molecule has 0 spiro atoms. The summed E-state index contributed by atoms with van der Waals surface area (Å²) < 4.78 is 0. The Kier molecular flexibility index (Phi) is 3.46. The van der Waals surface area contributed by atoms with Crippen LogP contribution in [0.5, 0.6) is 0 Å². The van der Waals surface area contributed by atoms with Gasteiger partial charge in [-0.15, -0.1) is 0 Å². The summed E-state index contributed by atoms with van der Waals surface area (Å²) in [4.78, 5) is 18.9. The number of benzene rings is 1. The SMILES string of the molecule is NCc1ccccc1Sc1nc(N)cc(=O)[nH]1. The van der Waals surface area contributed by atoms with Gasteiger partial charge in [-0.05, 0) is 11.6 Å². The monoisotopic (exact) mass is 248 g/mol. The van der Waals surface area contributed by atoms with Crippen molar-refractivity contribution in [2.45, 2.75) is 16.6 Å². The first-order valence-electron chi connectivity index (χ1n) is 5.01. The normalized spacial score (nSPS) is 10.4. The highest BCUT2D eigenvalue weighted by molar-refractivity contribution is 7.99. The molecule has 0 aliphatic heterocycles. The minimum atomic E-state index is -0.259. The third kappa shape index (κ3) is 2.86. The first-order chi connectivity index (χ1) is 8.19. The minimum absolute atomic E-state index is 0.210. The van der Waals surface area contributed by atoms with E-state index in [4.69, 9.17) is 11.5 Å². The number of hydrogen-bond donors (Lipinski definition) is 3. The second-order valence-corrected chi connectivity index (χ2v) is 4.42. The first kappa shape index (κ1) is 11.7. The maximum absolute atomic E-state index is 11.2. The Labute approximate surface area is 102 Å². The Balaban J connectivity index is 2.34. The van der Waals surface area contributed by atoms with Crippen LogP contribution in [0.25, 0.3) is 0 Å². The Morgan fingerprint density at radius 1 is 1.35 bits per heavy atom. The van der Waals surface area contributed by atoms with Crippen LogP contribution >= 0.6 is 11.8 Å². The Morgan fingerprint density at radius 2 is 2.12 bits per heavy atom. The highest BCUT2D eigenvalue weighted by Gasteiger charge is 2.05. The van der Waals surface area contributed by atoms with E-state index in [1.54, 1.807) is 0 Å². The van der Waals surface area contributed by atoms with Crippen LogP contribution in [0.15, 0.2) is 45.2 Å². The number of aromatic amines is 1. The number of nitrogens with one attached hydrogen (secondary N) is 1. The van der Waals surface area contributed by atoms with Crippen molar-refractivity contribution >= 4 is 17.6 Å². The summed E-state index contributed by atoms with van der Waals surface area (Å²) in [6.07, 6.45) is 0. The molecule has 5 nitrogen and oxygen atoms in total. The highest BCUT2D eigenvalue weighted by atomic mass is 32.2. The van der Waals surface area contributed by atoms with Crippen molar-refractivity contribution in [2.75, 3.05) is 5.73 Å². The van der Waals surface area contributed by atoms with Crippen LogP contribution in [0.3, 0.4) is 0 Å². The molecule has 1 aromatic carbocycles. The fourth-order valence-corrected chi connectivity index (χ4v) is 2.32.